The van der Waals surface area contributed by atoms with Crippen LogP contribution < -0.4 is 4.31 Å². The van der Waals surface area contributed by atoms with Crippen LogP contribution in [0.2, 0.25) is 0 Å². The number of alkyl halides is 1. The van der Waals surface area contributed by atoms with Crippen molar-refractivity contribution in [1.29, 1.82) is 0 Å². The van der Waals surface area contributed by atoms with E-state index in [9.17, 15) is 27.7 Å². The number of aryl methyl sites for hydroxylation is 1. The van der Waals surface area contributed by atoms with Crippen molar-refractivity contribution in [3.63, 3.8) is 0 Å². The van der Waals surface area contributed by atoms with Crippen molar-refractivity contribution >= 4 is 27.3 Å². The van der Waals surface area contributed by atoms with Crippen LogP contribution in [0.25, 0.3) is 0 Å². The summed E-state index contributed by atoms with van der Waals surface area (Å²) in [6.45, 7) is 1.30. The molecule has 3 aromatic rings. The first-order valence-corrected chi connectivity index (χ1v) is 13.3. The lowest BCUT2D eigenvalue weighted by atomic mass is 9.82. The van der Waals surface area contributed by atoms with E-state index in [1.807, 2.05) is 24.3 Å². The largest absolute Gasteiger partial charge is 0.272 e. The molecule has 0 radical (unpaired) electrons. The number of fused-ring (bicyclic) bond motifs is 2. The molecule has 5 rings (SSSR count). The smallest absolute Gasteiger partial charge is 0.270 e. The Labute approximate surface area is 208 Å². The lowest BCUT2D eigenvalue weighted by Crippen LogP contribution is -2.40. The number of anilines is 1. The maximum atomic E-state index is 14.9. The van der Waals surface area contributed by atoms with Crippen LogP contribution in [0.1, 0.15) is 42.9 Å². The third-order valence-corrected chi connectivity index (χ3v) is 9.24. The van der Waals surface area contributed by atoms with E-state index in [-0.39, 0.29) is 22.7 Å². The van der Waals surface area contributed by atoms with Gasteiger partial charge in [-0.05, 0) is 54.2 Å². The number of carbonyl (C=O) groups is 1. The molecule has 36 heavy (non-hydrogen) atoms. The maximum Gasteiger partial charge on any atom is 0.270 e. The zero-order valence-electron chi connectivity index (χ0n) is 19.7. The summed E-state index contributed by atoms with van der Waals surface area (Å²) in [6, 6.07) is 18.6. The van der Waals surface area contributed by atoms with Crippen LogP contribution in [0, 0.1) is 10.1 Å². The Balaban J connectivity index is 1.58. The molecule has 1 aliphatic heterocycles. The Bertz CT molecular complexity index is 1460. The molecule has 1 fully saturated rings. The number of non-ortho nitro benzene ring substituents is 1. The monoisotopic (exact) mass is 508 g/mol. The van der Waals surface area contributed by atoms with Gasteiger partial charge in [-0.15, -0.1) is 0 Å². The van der Waals surface area contributed by atoms with Crippen LogP contribution in [-0.4, -0.2) is 25.9 Å². The average Bonchev–Trinajstić information content (AvgIpc) is 3.52. The molecule has 186 valence electrons. The molecular weight excluding hydrogens is 483 g/mol. The number of benzene rings is 3. The summed E-state index contributed by atoms with van der Waals surface area (Å²) in [6.07, 6.45) is 3.17. The van der Waals surface area contributed by atoms with Crippen LogP contribution in [0.5, 0.6) is 0 Å². The number of sulfonamides is 1. The van der Waals surface area contributed by atoms with Gasteiger partial charge in [0.25, 0.3) is 21.6 Å². The Morgan fingerprint density at radius 3 is 2.31 bits per heavy atom. The van der Waals surface area contributed by atoms with Crippen LogP contribution in [0.4, 0.5) is 15.8 Å². The molecule has 2 aliphatic rings. The van der Waals surface area contributed by atoms with Crippen molar-refractivity contribution in [3.8, 4) is 0 Å². The Kier molecular flexibility index (Phi) is 5.70. The number of hydrogen-bond acceptors (Lipinski definition) is 5. The van der Waals surface area contributed by atoms with Gasteiger partial charge in [0.1, 0.15) is 6.67 Å². The highest BCUT2D eigenvalue weighted by molar-refractivity contribution is 7.93. The standard InChI is InChI=1S/C27H25FN2O5S/c1-2-3-6-19-9-11-20(12-10-19)26(18-28)17-27(26)23-7-4-5-8-24(23)29(25(27)31)36(34,35)22-15-13-21(14-16-22)30(32)33/h4-5,7-16H,2-3,6,17-18H2,1H3/t26-,27-/m0/s1. The summed E-state index contributed by atoms with van der Waals surface area (Å²) in [7, 11) is -4.39. The van der Waals surface area contributed by atoms with Gasteiger partial charge in [0.15, 0.2) is 0 Å². The van der Waals surface area contributed by atoms with Crippen molar-refractivity contribution in [3.05, 3.63) is 99.6 Å². The molecule has 1 heterocycles. The molecule has 1 amide bonds. The number of unbranched alkanes of at least 4 members (excludes halogenated alkanes) is 1. The van der Waals surface area contributed by atoms with E-state index in [1.54, 1.807) is 24.3 Å². The second-order valence-electron chi connectivity index (χ2n) is 9.44. The van der Waals surface area contributed by atoms with Gasteiger partial charge in [-0.2, -0.15) is 0 Å². The van der Waals surface area contributed by atoms with E-state index in [2.05, 4.69) is 6.92 Å². The lowest BCUT2D eigenvalue weighted by molar-refractivity contribution is -0.384. The van der Waals surface area contributed by atoms with Crippen molar-refractivity contribution in [2.24, 2.45) is 0 Å². The maximum absolute atomic E-state index is 14.9. The highest BCUT2D eigenvalue weighted by Crippen LogP contribution is 2.71. The van der Waals surface area contributed by atoms with E-state index in [1.165, 1.54) is 0 Å². The predicted octanol–water partition coefficient (Wildman–Crippen LogP) is 5.22. The Morgan fingerprint density at radius 2 is 1.69 bits per heavy atom. The number of nitrogens with zero attached hydrogens (tertiary/aromatic N) is 2. The van der Waals surface area contributed by atoms with Crippen LogP contribution in [0.15, 0.2) is 77.7 Å². The van der Waals surface area contributed by atoms with E-state index in [0.29, 0.717) is 11.1 Å². The third kappa shape index (κ3) is 3.29. The molecule has 9 heteroatoms. The quantitative estimate of drug-likeness (QED) is 0.307. The van der Waals surface area contributed by atoms with Crippen molar-refractivity contribution in [1.82, 2.24) is 0 Å². The molecular formula is C27H25FN2O5S. The number of halogens is 1. The van der Waals surface area contributed by atoms with Gasteiger partial charge in [-0.3, -0.25) is 19.3 Å². The van der Waals surface area contributed by atoms with Crippen molar-refractivity contribution in [2.45, 2.75) is 48.3 Å². The Morgan fingerprint density at radius 1 is 1.03 bits per heavy atom. The first-order valence-electron chi connectivity index (χ1n) is 11.8. The third-order valence-electron chi connectivity index (χ3n) is 7.53. The van der Waals surface area contributed by atoms with E-state index >= 15 is 0 Å². The van der Waals surface area contributed by atoms with Crippen LogP contribution in [0.3, 0.4) is 0 Å². The van der Waals surface area contributed by atoms with E-state index in [0.717, 1.165) is 53.4 Å². The van der Waals surface area contributed by atoms with Crippen molar-refractivity contribution in [2.75, 3.05) is 11.0 Å². The summed E-state index contributed by atoms with van der Waals surface area (Å²) in [5.74, 6) is -0.699. The number of para-hydroxylation sites is 1. The molecule has 3 aromatic carbocycles. The number of hydrogen-bond donors (Lipinski definition) is 0. The van der Waals surface area contributed by atoms with Gasteiger partial charge in [0, 0.05) is 17.5 Å². The van der Waals surface area contributed by atoms with Gasteiger partial charge in [-0.1, -0.05) is 55.8 Å². The minimum Gasteiger partial charge on any atom is -0.272 e. The molecule has 0 unspecified atom stereocenters. The predicted molar refractivity (Wildman–Crippen MR) is 133 cm³/mol. The molecule has 0 aromatic heterocycles. The zero-order valence-corrected chi connectivity index (χ0v) is 20.5. The lowest BCUT2D eigenvalue weighted by Gasteiger charge is -2.21. The molecule has 0 saturated heterocycles. The molecule has 1 saturated carbocycles. The molecule has 1 spiro atoms. The fourth-order valence-electron chi connectivity index (χ4n) is 5.49. The minimum atomic E-state index is -4.39. The molecule has 2 atom stereocenters. The number of carbonyl (C=O) groups excluding carboxylic acids is 1. The summed E-state index contributed by atoms with van der Waals surface area (Å²) in [5, 5.41) is 11.0. The number of rotatable bonds is 8. The highest BCUT2D eigenvalue weighted by atomic mass is 32.2. The molecule has 0 bridgehead atoms. The Hall–Kier alpha value is -3.59. The fraction of sp³-hybridized carbons (Fsp3) is 0.296. The second kappa shape index (κ2) is 8.51. The van der Waals surface area contributed by atoms with Gasteiger partial charge in [-0.25, -0.2) is 12.7 Å². The first-order chi connectivity index (χ1) is 17.2. The first kappa shape index (κ1) is 24.1. The SMILES string of the molecule is CCCCc1ccc([C@@]2(CF)C[C@]23C(=O)N(S(=O)(=O)c2ccc([N+](=O)[O-])cc2)c2ccccc23)cc1. The van der Waals surface area contributed by atoms with Gasteiger partial charge in [0.2, 0.25) is 0 Å². The highest BCUT2D eigenvalue weighted by Gasteiger charge is 2.78. The van der Waals surface area contributed by atoms with Gasteiger partial charge >= 0.3 is 0 Å². The zero-order chi connectivity index (χ0) is 25.7. The minimum absolute atomic E-state index is 0.160. The average molecular weight is 509 g/mol. The second-order valence-corrected chi connectivity index (χ2v) is 11.2. The van der Waals surface area contributed by atoms with Gasteiger partial charge < -0.3 is 0 Å². The number of nitro benzene ring substituents is 1. The number of nitro groups is 1. The summed E-state index contributed by atoms with van der Waals surface area (Å²) in [5.41, 5.74) is -0.295. The number of amides is 1. The van der Waals surface area contributed by atoms with E-state index in [4.69, 9.17) is 0 Å². The fourth-order valence-corrected chi connectivity index (χ4v) is 6.98. The molecule has 7 nitrogen and oxygen atoms in total. The summed E-state index contributed by atoms with van der Waals surface area (Å²) >= 11 is 0. The van der Waals surface area contributed by atoms with E-state index < -0.39 is 38.4 Å². The normalized spacial score (nSPS) is 22.6. The summed E-state index contributed by atoms with van der Waals surface area (Å²) in [4.78, 5) is 24.1. The van der Waals surface area contributed by atoms with Crippen LogP contribution in [-0.2, 0) is 32.1 Å². The molecule has 0 N–H and O–H groups in total. The molecule has 1 aliphatic carbocycles. The van der Waals surface area contributed by atoms with Gasteiger partial charge in [0.05, 0.1) is 20.9 Å². The van der Waals surface area contributed by atoms with Crippen LogP contribution >= 0.6 is 0 Å². The summed E-state index contributed by atoms with van der Waals surface area (Å²) < 4.78 is 42.9. The topological polar surface area (TPSA) is 97.6 Å². The van der Waals surface area contributed by atoms with Crippen molar-refractivity contribution < 1.29 is 22.5 Å².